The first-order valence-electron chi connectivity index (χ1n) is 8.14. The fourth-order valence-corrected chi connectivity index (χ4v) is 3.54. The fraction of sp³-hybridized carbons (Fsp3) is 0.875. The number of carbonyl (C=O) groups is 2. The van der Waals surface area contributed by atoms with E-state index in [4.69, 9.17) is 0 Å². The van der Waals surface area contributed by atoms with Gasteiger partial charge >= 0.3 is 0 Å². The summed E-state index contributed by atoms with van der Waals surface area (Å²) < 4.78 is 0. The summed E-state index contributed by atoms with van der Waals surface area (Å²) in [5.74, 6) is 0.515. The van der Waals surface area contributed by atoms with E-state index in [9.17, 15) is 9.59 Å². The van der Waals surface area contributed by atoms with E-state index in [0.717, 1.165) is 32.1 Å². The average molecular weight is 280 g/mol. The summed E-state index contributed by atoms with van der Waals surface area (Å²) in [4.78, 5) is 27.4. The van der Waals surface area contributed by atoms with E-state index in [1.165, 1.54) is 0 Å². The van der Waals surface area contributed by atoms with Gasteiger partial charge in [0, 0.05) is 6.04 Å². The highest BCUT2D eigenvalue weighted by molar-refractivity contribution is 6.00. The number of nitrogens with one attached hydrogen (secondary N) is 1. The molecule has 3 unspecified atom stereocenters. The van der Waals surface area contributed by atoms with Crippen LogP contribution in [0.1, 0.15) is 66.2 Å². The highest BCUT2D eigenvalue weighted by Gasteiger charge is 2.55. The Balaban J connectivity index is 2.31. The molecule has 1 saturated carbocycles. The minimum absolute atomic E-state index is 0.0380. The average Bonchev–Trinajstić information content (AvgIpc) is 3.25. The summed E-state index contributed by atoms with van der Waals surface area (Å²) in [5.41, 5.74) is -0.663. The molecule has 2 fully saturated rings. The second-order valence-electron chi connectivity index (χ2n) is 6.45. The number of hydrogen-bond acceptors (Lipinski definition) is 2. The minimum atomic E-state index is -0.663. The van der Waals surface area contributed by atoms with E-state index in [1.54, 1.807) is 0 Å². The maximum absolute atomic E-state index is 13.0. The molecule has 0 spiro atoms. The molecule has 1 heterocycles. The number of hydrogen-bond donors (Lipinski definition) is 1. The van der Waals surface area contributed by atoms with Gasteiger partial charge < -0.3 is 10.2 Å². The molecule has 114 valence electrons. The molecule has 1 aliphatic carbocycles. The maximum Gasteiger partial charge on any atom is 0.249 e. The van der Waals surface area contributed by atoms with Gasteiger partial charge in [-0.2, -0.15) is 0 Å². The van der Waals surface area contributed by atoms with Crippen LogP contribution in [0.2, 0.25) is 0 Å². The van der Waals surface area contributed by atoms with Crippen LogP contribution >= 0.6 is 0 Å². The first-order chi connectivity index (χ1) is 9.49. The Kier molecular flexibility index (Phi) is 4.40. The highest BCUT2D eigenvalue weighted by atomic mass is 16.2. The molecule has 2 aliphatic rings. The molecular formula is C16H28N2O2. The predicted molar refractivity (Wildman–Crippen MR) is 79.2 cm³/mol. The summed E-state index contributed by atoms with van der Waals surface area (Å²) in [6, 6.07) is -0.0904. The molecule has 2 amide bonds. The summed E-state index contributed by atoms with van der Waals surface area (Å²) in [6.07, 6.45) is 5.74. The van der Waals surface area contributed by atoms with Crippen molar-refractivity contribution >= 4 is 11.8 Å². The van der Waals surface area contributed by atoms with Crippen LogP contribution in [0.5, 0.6) is 0 Å². The van der Waals surface area contributed by atoms with Crippen molar-refractivity contribution in [3.63, 3.8) is 0 Å². The summed E-state index contributed by atoms with van der Waals surface area (Å²) in [5, 5.41) is 3.03. The lowest BCUT2D eigenvalue weighted by Crippen LogP contribution is -2.71. The van der Waals surface area contributed by atoms with E-state index in [0.29, 0.717) is 12.3 Å². The van der Waals surface area contributed by atoms with Crippen molar-refractivity contribution in [3.05, 3.63) is 0 Å². The molecule has 20 heavy (non-hydrogen) atoms. The number of amides is 2. The summed E-state index contributed by atoms with van der Waals surface area (Å²) in [7, 11) is 0. The maximum atomic E-state index is 13.0. The molecule has 1 aliphatic heterocycles. The van der Waals surface area contributed by atoms with Gasteiger partial charge in [0.25, 0.3) is 0 Å². The van der Waals surface area contributed by atoms with Crippen molar-refractivity contribution in [2.24, 2.45) is 5.92 Å². The molecule has 0 bridgehead atoms. The van der Waals surface area contributed by atoms with Crippen LogP contribution in [-0.4, -0.2) is 34.3 Å². The molecule has 4 nitrogen and oxygen atoms in total. The van der Waals surface area contributed by atoms with Crippen LogP contribution in [0, 0.1) is 5.92 Å². The fourth-order valence-electron chi connectivity index (χ4n) is 3.54. The van der Waals surface area contributed by atoms with Gasteiger partial charge in [-0.3, -0.25) is 9.59 Å². The Morgan fingerprint density at radius 1 is 1.30 bits per heavy atom. The summed E-state index contributed by atoms with van der Waals surface area (Å²) in [6.45, 7) is 8.16. The molecule has 0 aromatic carbocycles. The van der Waals surface area contributed by atoms with Crippen molar-refractivity contribution in [1.82, 2.24) is 10.2 Å². The molecule has 0 radical (unpaired) electrons. The lowest BCUT2D eigenvalue weighted by Gasteiger charge is -2.47. The van der Waals surface area contributed by atoms with Crippen LogP contribution in [-0.2, 0) is 9.59 Å². The van der Waals surface area contributed by atoms with E-state index >= 15 is 0 Å². The first-order valence-corrected chi connectivity index (χ1v) is 8.14. The van der Waals surface area contributed by atoms with Crippen LogP contribution < -0.4 is 5.32 Å². The Hall–Kier alpha value is -1.06. The molecule has 1 N–H and O–H groups in total. The standard InChI is InChI=1S/C16H28N2O2/c1-5-8-12(6-2)18-13(7-3)14(19)17-16(4,15(18)20)11-9-10-11/h11-13H,5-10H2,1-4H3,(H,17,19). The zero-order valence-corrected chi connectivity index (χ0v) is 13.2. The smallest absolute Gasteiger partial charge is 0.249 e. The van der Waals surface area contributed by atoms with Gasteiger partial charge in [0.15, 0.2) is 0 Å². The van der Waals surface area contributed by atoms with Crippen molar-refractivity contribution in [2.75, 3.05) is 0 Å². The van der Waals surface area contributed by atoms with E-state index < -0.39 is 5.54 Å². The van der Waals surface area contributed by atoms with Gasteiger partial charge in [-0.1, -0.05) is 27.2 Å². The van der Waals surface area contributed by atoms with E-state index in [-0.39, 0.29) is 23.9 Å². The van der Waals surface area contributed by atoms with Crippen molar-refractivity contribution in [2.45, 2.75) is 83.8 Å². The lowest BCUT2D eigenvalue weighted by atomic mass is 9.87. The third-order valence-corrected chi connectivity index (χ3v) is 4.97. The Labute approximate surface area is 122 Å². The Morgan fingerprint density at radius 2 is 1.95 bits per heavy atom. The molecule has 3 atom stereocenters. The second kappa shape index (κ2) is 5.74. The Bertz CT molecular complexity index is 392. The van der Waals surface area contributed by atoms with Crippen molar-refractivity contribution in [3.8, 4) is 0 Å². The van der Waals surface area contributed by atoms with Crippen LogP contribution in [0.4, 0.5) is 0 Å². The number of piperazine rings is 1. The van der Waals surface area contributed by atoms with Gasteiger partial charge in [0.2, 0.25) is 11.8 Å². The normalized spacial score (nSPS) is 32.2. The number of nitrogens with zero attached hydrogens (tertiary/aromatic N) is 1. The van der Waals surface area contributed by atoms with Crippen molar-refractivity contribution in [1.29, 1.82) is 0 Å². The first kappa shape index (κ1) is 15.3. The monoisotopic (exact) mass is 280 g/mol. The van der Waals surface area contributed by atoms with Gasteiger partial charge in [-0.15, -0.1) is 0 Å². The lowest BCUT2D eigenvalue weighted by molar-refractivity contribution is -0.158. The second-order valence-corrected chi connectivity index (χ2v) is 6.45. The van der Waals surface area contributed by atoms with Gasteiger partial charge in [0.1, 0.15) is 11.6 Å². The number of carbonyl (C=O) groups excluding carboxylic acids is 2. The zero-order valence-electron chi connectivity index (χ0n) is 13.2. The molecule has 4 heteroatoms. The third kappa shape index (κ3) is 2.45. The third-order valence-electron chi connectivity index (χ3n) is 4.97. The Morgan fingerprint density at radius 3 is 2.40 bits per heavy atom. The van der Waals surface area contributed by atoms with Crippen LogP contribution in [0.15, 0.2) is 0 Å². The molecule has 2 rings (SSSR count). The van der Waals surface area contributed by atoms with Crippen LogP contribution in [0.25, 0.3) is 0 Å². The van der Waals surface area contributed by atoms with Gasteiger partial charge in [-0.05, 0) is 44.9 Å². The van der Waals surface area contributed by atoms with Crippen LogP contribution in [0.3, 0.4) is 0 Å². The highest BCUT2D eigenvalue weighted by Crippen LogP contribution is 2.43. The SMILES string of the molecule is CCCC(CC)N1C(=O)C(C)(C2CC2)NC(=O)C1CC. The van der Waals surface area contributed by atoms with Gasteiger partial charge in [-0.25, -0.2) is 0 Å². The summed E-state index contributed by atoms with van der Waals surface area (Å²) >= 11 is 0. The predicted octanol–water partition coefficient (Wildman–Crippen LogP) is 2.47. The van der Waals surface area contributed by atoms with E-state index in [1.807, 2.05) is 18.7 Å². The molecular weight excluding hydrogens is 252 g/mol. The molecule has 0 aromatic rings. The largest absolute Gasteiger partial charge is 0.340 e. The quantitative estimate of drug-likeness (QED) is 0.812. The van der Waals surface area contributed by atoms with Crippen molar-refractivity contribution < 1.29 is 9.59 Å². The number of rotatable bonds is 6. The molecule has 0 aromatic heterocycles. The van der Waals surface area contributed by atoms with E-state index in [2.05, 4.69) is 19.2 Å². The zero-order chi connectivity index (χ0) is 14.9. The topological polar surface area (TPSA) is 49.4 Å². The molecule has 1 saturated heterocycles. The van der Waals surface area contributed by atoms with Gasteiger partial charge in [0.05, 0.1) is 0 Å². The minimum Gasteiger partial charge on any atom is -0.340 e.